The molecule has 0 aliphatic carbocycles. The quantitative estimate of drug-likeness (QED) is 0.792. The second-order valence-electron chi connectivity index (χ2n) is 5.00. The number of amides is 1. The Hall–Kier alpha value is -1.84. The first-order valence-electron chi connectivity index (χ1n) is 6.54. The molecule has 0 saturated heterocycles. The fourth-order valence-electron chi connectivity index (χ4n) is 1.82. The van der Waals surface area contributed by atoms with Crippen molar-refractivity contribution in [1.29, 1.82) is 0 Å². The van der Waals surface area contributed by atoms with Gasteiger partial charge in [0, 0.05) is 12.5 Å². The Morgan fingerprint density at radius 1 is 1.21 bits per heavy atom. The molecule has 1 rings (SSSR count). The largest absolute Gasteiger partial charge is 0.481 e. The van der Waals surface area contributed by atoms with E-state index in [1.54, 1.807) is 0 Å². The zero-order valence-electron chi connectivity index (χ0n) is 11.4. The second kappa shape index (κ2) is 7.56. The molecule has 0 aliphatic heterocycles. The Morgan fingerprint density at radius 3 is 2.37 bits per heavy atom. The summed E-state index contributed by atoms with van der Waals surface area (Å²) in [4.78, 5) is 22.5. The first-order chi connectivity index (χ1) is 8.99. The smallest absolute Gasteiger partial charge is 0.305 e. The summed E-state index contributed by atoms with van der Waals surface area (Å²) in [5, 5.41) is 11.6. The van der Waals surface area contributed by atoms with Crippen LogP contribution in [0.3, 0.4) is 0 Å². The number of carboxylic acid groups (broad SMARTS) is 1. The number of carboxylic acids is 1. The van der Waals surface area contributed by atoms with Crippen LogP contribution in [0.25, 0.3) is 0 Å². The lowest BCUT2D eigenvalue weighted by Crippen LogP contribution is -2.40. The van der Waals surface area contributed by atoms with Crippen LogP contribution in [0.5, 0.6) is 0 Å². The third-order valence-corrected chi connectivity index (χ3v) is 3.03. The van der Waals surface area contributed by atoms with E-state index >= 15 is 0 Å². The van der Waals surface area contributed by atoms with Crippen LogP contribution in [-0.4, -0.2) is 23.0 Å². The van der Waals surface area contributed by atoms with Crippen molar-refractivity contribution in [3.63, 3.8) is 0 Å². The lowest BCUT2D eigenvalue weighted by Gasteiger charge is -2.20. The molecule has 1 atom stereocenters. The Balaban J connectivity index is 2.42. The Bertz CT molecular complexity index is 415. The van der Waals surface area contributed by atoms with Crippen molar-refractivity contribution in [2.24, 2.45) is 5.92 Å². The maximum Gasteiger partial charge on any atom is 0.305 e. The van der Waals surface area contributed by atoms with Crippen LogP contribution in [0.4, 0.5) is 0 Å². The molecule has 0 saturated carbocycles. The van der Waals surface area contributed by atoms with Crippen LogP contribution >= 0.6 is 0 Å². The third-order valence-electron chi connectivity index (χ3n) is 3.03. The molecule has 4 nitrogen and oxygen atoms in total. The van der Waals surface area contributed by atoms with Crippen molar-refractivity contribution >= 4 is 11.9 Å². The molecule has 0 aliphatic rings. The molecule has 1 unspecified atom stereocenters. The Labute approximate surface area is 113 Å². The zero-order chi connectivity index (χ0) is 14.3. The van der Waals surface area contributed by atoms with E-state index in [4.69, 9.17) is 5.11 Å². The molecule has 1 aromatic rings. The number of carbonyl (C=O) groups is 2. The van der Waals surface area contributed by atoms with E-state index in [1.165, 1.54) is 0 Å². The van der Waals surface area contributed by atoms with Crippen LogP contribution in [0.15, 0.2) is 30.3 Å². The summed E-state index contributed by atoms with van der Waals surface area (Å²) in [6.07, 6.45) is 1.02. The molecule has 0 bridgehead atoms. The fraction of sp³-hybridized carbons (Fsp3) is 0.467. The lowest BCUT2D eigenvalue weighted by atomic mass is 10.0. The first kappa shape index (κ1) is 15.2. The van der Waals surface area contributed by atoms with Crippen LogP contribution in [0, 0.1) is 5.92 Å². The maximum absolute atomic E-state index is 11.8. The molecule has 0 spiro atoms. The molecule has 4 heteroatoms. The molecule has 0 heterocycles. The number of nitrogens with one attached hydrogen (secondary N) is 1. The van der Waals surface area contributed by atoms with Crippen molar-refractivity contribution in [2.45, 2.75) is 39.2 Å². The normalized spacial score (nSPS) is 12.2. The Kier molecular flexibility index (Phi) is 6.06. The first-order valence-corrected chi connectivity index (χ1v) is 6.54. The van der Waals surface area contributed by atoms with Crippen LogP contribution in [-0.2, 0) is 16.0 Å². The minimum Gasteiger partial charge on any atom is -0.481 e. The van der Waals surface area contributed by atoms with Gasteiger partial charge in [-0.3, -0.25) is 9.59 Å². The Morgan fingerprint density at radius 2 is 1.84 bits per heavy atom. The van der Waals surface area contributed by atoms with Gasteiger partial charge in [-0.1, -0.05) is 44.2 Å². The minimum atomic E-state index is -0.887. The lowest BCUT2D eigenvalue weighted by molar-refractivity contribution is -0.138. The number of hydrogen-bond donors (Lipinski definition) is 2. The van der Waals surface area contributed by atoms with Crippen molar-refractivity contribution in [1.82, 2.24) is 5.32 Å². The van der Waals surface area contributed by atoms with E-state index in [2.05, 4.69) is 5.32 Å². The third kappa shape index (κ3) is 6.04. The zero-order valence-corrected chi connectivity index (χ0v) is 11.4. The summed E-state index contributed by atoms with van der Waals surface area (Å²) >= 11 is 0. The average Bonchev–Trinajstić information content (AvgIpc) is 2.36. The number of aliphatic carboxylic acids is 1. The molecule has 1 aromatic carbocycles. The van der Waals surface area contributed by atoms with E-state index in [0.717, 1.165) is 5.56 Å². The summed E-state index contributed by atoms with van der Waals surface area (Å²) in [7, 11) is 0. The van der Waals surface area contributed by atoms with Crippen molar-refractivity contribution in [2.75, 3.05) is 0 Å². The molecule has 19 heavy (non-hydrogen) atoms. The SMILES string of the molecule is CC(C)C(CC(=O)O)NC(=O)CCc1ccccc1. The van der Waals surface area contributed by atoms with E-state index in [-0.39, 0.29) is 24.3 Å². The van der Waals surface area contributed by atoms with E-state index in [0.29, 0.717) is 12.8 Å². The highest BCUT2D eigenvalue weighted by Crippen LogP contribution is 2.08. The number of hydrogen-bond acceptors (Lipinski definition) is 2. The summed E-state index contributed by atoms with van der Waals surface area (Å²) in [5.74, 6) is -0.873. The predicted octanol–water partition coefficient (Wildman–Crippen LogP) is 2.23. The second-order valence-corrected chi connectivity index (χ2v) is 5.00. The van der Waals surface area contributed by atoms with Crippen molar-refractivity contribution in [3.05, 3.63) is 35.9 Å². The molecule has 1 amide bonds. The summed E-state index contributed by atoms with van der Waals surface area (Å²) in [6, 6.07) is 9.46. The van der Waals surface area contributed by atoms with E-state index in [1.807, 2.05) is 44.2 Å². The molecule has 0 radical (unpaired) electrons. The molecular weight excluding hydrogens is 242 g/mol. The summed E-state index contributed by atoms with van der Waals surface area (Å²) in [6.45, 7) is 3.82. The molecule has 104 valence electrons. The van der Waals surface area contributed by atoms with Crippen LogP contribution in [0.2, 0.25) is 0 Å². The van der Waals surface area contributed by atoms with Gasteiger partial charge in [-0.2, -0.15) is 0 Å². The molecular formula is C15H21NO3. The predicted molar refractivity (Wildman–Crippen MR) is 73.8 cm³/mol. The van der Waals surface area contributed by atoms with Crippen molar-refractivity contribution in [3.8, 4) is 0 Å². The number of carbonyl (C=O) groups excluding carboxylic acids is 1. The average molecular weight is 263 g/mol. The summed E-state index contributed by atoms with van der Waals surface area (Å²) in [5.41, 5.74) is 1.11. The minimum absolute atomic E-state index is 0.0330. The van der Waals surface area contributed by atoms with Gasteiger partial charge in [0.2, 0.25) is 5.91 Å². The molecule has 0 aromatic heterocycles. The van der Waals surface area contributed by atoms with Gasteiger partial charge in [0.25, 0.3) is 0 Å². The number of rotatable bonds is 7. The van der Waals surface area contributed by atoms with Gasteiger partial charge in [0.05, 0.1) is 6.42 Å². The highest BCUT2D eigenvalue weighted by Gasteiger charge is 2.19. The van der Waals surface area contributed by atoms with Gasteiger partial charge in [-0.25, -0.2) is 0 Å². The number of aryl methyl sites for hydroxylation is 1. The van der Waals surface area contributed by atoms with E-state index in [9.17, 15) is 9.59 Å². The number of benzene rings is 1. The van der Waals surface area contributed by atoms with Crippen LogP contribution in [0.1, 0.15) is 32.3 Å². The highest BCUT2D eigenvalue weighted by atomic mass is 16.4. The van der Waals surface area contributed by atoms with E-state index < -0.39 is 5.97 Å². The fourth-order valence-corrected chi connectivity index (χ4v) is 1.82. The summed E-state index contributed by atoms with van der Waals surface area (Å²) < 4.78 is 0. The standard InChI is InChI=1S/C15H21NO3/c1-11(2)13(10-15(18)19)16-14(17)9-8-12-6-4-3-5-7-12/h3-7,11,13H,8-10H2,1-2H3,(H,16,17)(H,18,19). The van der Waals surface area contributed by atoms with Gasteiger partial charge in [0.1, 0.15) is 0 Å². The topological polar surface area (TPSA) is 66.4 Å². The highest BCUT2D eigenvalue weighted by molar-refractivity contribution is 5.77. The van der Waals surface area contributed by atoms with Crippen LogP contribution < -0.4 is 5.32 Å². The van der Waals surface area contributed by atoms with Gasteiger partial charge in [-0.15, -0.1) is 0 Å². The van der Waals surface area contributed by atoms with Gasteiger partial charge >= 0.3 is 5.97 Å². The van der Waals surface area contributed by atoms with Gasteiger partial charge in [0.15, 0.2) is 0 Å². The van der Waals surface area contributed by atoms with Crippen molar-refractivity contribution < 1.29 is 14.7 Å². The van der Waals surface area contributed by atoms with Gasteiger partial charge < -0.3 is 10.4 Å². The molecule has 2 N–H and O–H groups in total. The monoisotopic (exact) mass is 263 g/mol. The molecule has 0 fully saturated rings. The maximum atomic E-state index is 11.8. The van der Waals surface area contributed by atoms with Gasteiger partial charge in [-0.05, 0) is 17.9 Å².